The fourth-order valence-electron chi connectivity index (χ4n) is 2.15. The van der Waals surface area contributed by atoms with E-state index in [9.17, 15) is 9.90 Å². The zero-order chi connectivity index (χ0) is 16.8. The van der Waals surface area contributed by atoms with Crippen LogP contribution in [-0.4, -0.2) is 22.7 Å². The minimum absolute atomic E-state index is 0.0179. The summed E-state index contributed by atoms with van der Waals surface area (Å²) in [6.45, 7) is 2.06. The van der Waals surface area contributed by atoms with E-state index in [4.69, 9.17) is 11.1 Å². The van der Waals surface area contributed by atoms with Crippen LogP contribution in [0.1, 0.15) is 24.1 Å². The summed E-state index contributed by atoms with van der Waals surface area (Å²) < 4.78 is 0. The van der Waals surface area contributed by atoms with E-state index in [-0.39, 0.29) is 5.84 Å². The fraction of sp³-hybridized carbons (Fsp3) is 0.176. The first kappa shape index (κ1) is 16.9. The van der Waals surface area contributed by atoms with Crippen LogP contribution < -0.4 is 11.1 Å². The molecule has 1 atom stereocenters. The molecule has 0 radical (unpaired) electrons. The third-order valence-corrected chi connectivity index (χ3v) is 4.13. The molecule has 6 heteroatoms. The molecule has 0 amide bonds. The van der Waals surface area contributed by atoms with E-state index in [0.717, 1.165) is 10.6 Å². The first-order chi connectivity index (χ1) is 11.0. The summed E-state index contributed by atoms with van der Waals surface area (Å²) in [6.07, 6.45) is 0. The minimum atomic E-state index is -0.945. The maximum absolute atomic E-state index is 11.6. The molecule has 2 rings (SSSR count). The quantitative estimate of drug-likeness (QED) is 0.355. The van der Waals surface area contributed by atoms with Gasteiger partial charge in [-0.25, -0.2) is 4.79 Å². The molecule has 0 saturated heterocycles. The molecule has 0 bridgehead atoms. The zero-order valence-corrected chi connectivity index (χ0v) is 13.6. The number of anilines is 1. The number of aliphatic carboxylic acids is 1. The summed E-state index contributed by atoms with van der Waals surface area (Å²) in [4.78, 5) is 12.7. The number of carboxylic acid groups (broad SMARTS) is 1. The molecular weight excluding hydrogens is 310 g/mol. The second kappa shape index (κ2) is 7.69. The summed E-state index contributed by atoms with van der Waals surface area (Å²) in [5, 5.41) is 19.9. The van der Waals surface area contributed by atoms with E-state index in [1.165, 1.54) is 0 Å². The van der Waals surface area contributed by atoms with Crippen LogP contribution in [-0.2, 0) is 4.79 Å². The number of nitrogens with two attached hydrogens (primary N) is 1. The second-order valence-electron chi connectivity index (χ2n) is 4.91. The molecule has 0 spiro atoms. The lowest BCUT2D eigenvalue weighted by atomic mass is 10.1. The monoisotopic (exact) mass is 329 g/mol. The Kier molecular flexibility index (Phi) is 5.65. The van der Waals surface area contributed by atoms with Crippen molar-refractivity contribution in [1.82, 2.24) is 0 Å². The van der Waals surface area contributed by atoms with Crippen molar-refractivity contribution < 1.29 is 9.90 Å². The highest BCUT2D eigenvalue weighted by Crippen LogP contribution is 2.25. The molecule has 5 nitrogen and oxygen atoms in total. The highest BCUT2D eigenvalue weighted by Gasteiger charge is 2.20. The van der Waals surface area contributed by atoms with Crippen molar-refractivity contribution in [3.8, 4) is 0 Å². The number of hydrogen-bond acceptors (Lipinski definition) is 4. The van der Waals surface area contributed by atoms with Gasteiger partial charge in [0.05, 0.1) is 0 Å². The van der Waals surface area contributed by atoms with Gasteiger partial charge in [-0.15, -0.1) is 11.8 Å². The van der Waals surface area contributed by atoms with Crippen molar-refractivity contribution in [3.63, 3.8) is 0 Å². The lowest BCUT2D eigenvalue weighted by Gasteiger charge is -2.17. The van der Waals surface area contributed by atoms with E-state index in [2.05, 4.69) is 12.2 Å². The molecule has 0 fully saturated rings. The molecule has 1 unspecified atom stereocenters. The third kappa shape index (κ3) is 4.50. The van der Waals surface area contributed by atoms with E-state index < -0.39 is 12.0 Å². The lowest BCUT2D eigenvalue weighted by Crippen LogP contribution is -2.20. The molecule has 0 heterocycles. The van der Waals surface area contributed by atoms with Crippen molar-refractivity contribution in [1.29, 1.82) is 5.41 Å². The molecule has 5 N–H and O–H groups in total. The molecule has 23 heavy (non-hydrogen) atoms. The number of benzene rings is 2. The van der Waals surface area contributed by atoms with Gasteiger partial charge in [-0.2, -0.15) is 0 Å². The second-order valence-corrected chi connectivity index (χ2v) is 6.25. The molecule has 2 aromatic rings. The van der Waals surface area contributed by atoms with Gasteiger partial charge in [0.2, 0.25) is 0 Å². The van der Waals surface area contributed by atoms with Crippen LogP contribution in [0.2, 0.25) is 0 Å². The van der Waals surface area contributed by atoms with Crippen LogP contribution in [0, 0.1) is 5.41 Å². The van der Waals surface area contributed by atoms with Crippen molar-refractivity contribution in [3.05, 3.63) is 59.7 Å². The highest BCUT2D eigenvalue weighted by atomic mass is 32.2. The highest BCUT2D eigenvalue weighted by molar-refractivity contribution is 7.99. The Hall–Kier alpha value is -2.47. The summed E-state index contributed by atoms with van der Waals surface area (Å²) in [5.74, 6) is -0.0314. The Labute approximate surface area is 139 Å². The Morgan fingerprint density at radius 2 is 2.00 bits per heavy atom. The first-order valence-corrected chi connectivity index (χ1v) is 8.16. The number of carbonyl (C=O) groups is 1. The van der Waals surface area contributed by atoms with Crippen LogP contribution in [0.3, 0.4) is 0 Å². The number of hydrogen-bond donors (Lipinski definition) is 4. The molecule has 120 valence electrons. The van der Waals surface area contributed by atoms with E-state index in [1.54, 1.807) is 42.1 Å². The van der Waals surface area contributed by atoms with Crippen LogP contribution in [0.25, 0.3) is 0 Å². The van der Waals surface area contributed by atoms with Gasteiger partial charge in [-0.05, 0) is 47.7 Å². The number of amidine groups is 1. The number of thioether (sulfide) groups is 1. The number of nitrogen functional groups attached to an aromatic ring is 1. The van der Waals surface area contributed by atoms with E-state index in [1.807, 2.05) is 18.2 Å². The Balaban J connectivity index is 2.23. The topological polar surface area (TPSA) is 99.2 Å². The summed E-state index contributed by atoms with van der Waals surface area (Å²) in [6, 6.07) is 13.5. The minimum Gasteiger partial charge on any atom is -0.479 e. The molecule has 0 saturated carbocycles. The average molecular weight is 329 g/mol. The largest absolute Gasteiger partial charge is 0.479 e. The van der Waals surface area contributed by atoms with Gasteiger partial charge in [0, 0.05) is 16.1 Å². The number of nitrogens with one attached hydrogen (secondary N) is 2. The molecule has 0 aliphatic carbocycles. The smallest absolute Gasteiger partial charge is 0.330 e. The maximum Gasteiger partial charge on any atom is 0.330 e. The standard InChI is InChI=1S/C17H19N3O2S/c1-2-23-14-5-3-4-12(10-14)15(17(21)22)20-13-8-6-11(7-9-13)16(18)19/h3-10,15,20H,2H2,1H3,(H3,18,19)(H,21,22). The van der Waals surface area contributed by atoms with Crippen molar-refractivity contribution in [2.75, 3.05) is 11.1 Å². The predicted molar refractivity (Wildman–Crippen MR) is 94.3 cm³/mol. The third-order valence-electron chi connectivity index (χ3n) is 3.26. The van der Waals surface area contributed by atoms with Crippen LogP contribution in [0.5, 0.6) is 0 Å². The Morgan fingerprint density at radius 1 is 1.30 bits per heavy atom. The van der Waals surface area contributed by atoms with Gasteiger partial charge in [0.25, 0.3) is 0 Å². The van der Waals surface area contributed by atoms with Gasteiger partial charge < -0.3 is 16.2 Å². The molecule has 0 aromatic heterocycles. The summed E-state index contributed by atoms with van der Waals surface area (Å²) in [7, 11) is 0. The van der Waals surface area contributed by atoms with Gasteiger partial charge >= 0.3 is 5.97 Å². The SMILES string of the molecule is CCSc1cccc(C(Nc2ccc(C(=N)N)cc2)C(=O)O)c1. The summed E-state index contributed by atoms with van der Waals surface area (Å²) >= 11 is 1.67. The summed E-state index contributed by atoms with van der Waals surface area (Å²) in [5.41, 5.74) is 7.38. The number of carboxylic acids is 1. The van der Waals surface area contributed by atoms with Gasteiger partial charge in [-0.3, -0.25) is 5.41 Å². The van der Waals surface area contributed by atoms with Gasteiger partial charge in [0.1, 0.15) is 5.84 Å². The van der Waals surface area contributed by atoms with Gasteiger partial charge in [-0.1, -0.05) is 19.1 Å². The fourth-order valence-corrected chi connectivity index (χ4v) is 2.88. The predicted octanol–water partition coefficient (Wildman–Crippen LogP) is 3.32. The Bertz CT molecular complexity index is 701. The van der Waals surface area contributed by atoms with Crippen LogP contribution >= 0.6 is 11.8 Å². The van der Waals surface area contributed by atoms with E-state index >= 15 is 0 Å². The van der Waals surface area contributed by atoms with Crippen molar-refractivity contribution in [2.24, 2.45) is 5.73 Å². The van der Waals surface area contributed by atoms with Crippen LogP contribution in [0.15, 0.2) is 53.4 Å². The average Bonchev–Trinajstić information content (AvgIpc) is 2.53. The van der Waals surface area contributed by atoms with Crippen LogP contribution in [0.4, 0.5) is 5.69 Å². The van der Waals surface area contributed by atoms with Crippen molar-refractivity contribution in [2.45, 2.75) is 17.9 Å². The lowest BCUT2D eigenvalue weighted by molar-refractivity contribution is -0.138. The molecular formula is C17H19N3O2S. The molecule has 2 aromatic carbocycles. The first-order valence-electron chi connectivity index (χ1n) is 7.18. The van der Waals surface area contributed by atoms with E-state index in [0.29, 0.717) is 16.8 Å². The normalized spacial score (nSPS) is 11.7. The maximum atomic E-state index is 11.6. The molecule has 0 aliphatic heterocycles. The zero-order valence-electron chi connectivity index (χ0n) is 12.7. The number of rotatable bonds is 7. The molecule has 0 aliphatic rings. The Morgan fingerprint density at radius 3 is 2.57 bits per heavy atom. The van der Waals surface area contributed by atoms with Crippen molar-refractivity contribution >= 4 is 29.3 Å². The van der Waals surface area contributed by atoms with Gasteiger partial charge in [0.15, 0.2) is 6.04 Å².